The molecular formula is C14H21ClN2O. The fourth-order valence-corrected chi connectivity index (χ4v) is 2.53. The number of halogens is 1. The highest BCUT2D eigenvalue weighted by Crippen LogP contribution is 2.19. The third kappa shape index (κ3) is 3.94. The molecule has 1 unspecified atom stereocenters. The Balaban J connectivity index is 1.87. The molecule has 4 heteroatoms. The maximum absolute atomic E-state index is 6.09. The average Bonchev–Trinajstić information content (AvgIpc) is 2.40. The maximum atomic E-state index is 6.09. The number of hydrogen-bond donors (Lipinski definition) is 0. The summed E-state index contributed by atoms with van der Waals surface area (Å²) in [6, 6.07) is 3.99. The zero-order valence-corrected chi connectivity index (χ0v) is 11.7. The number of hydrogen-bond acceptors (Lipinski definition) is 3. The average molecular weight is 269 g/mol. The number of pyridine rings is 1. The molecule has 0 amide bonds. The maximum Gasteiger partial charge on any atom is 0.133 e. The van der Waals surface area contributed by atoms with Crippen molar-refractivity contribution < 1.29 is 4.74 Å². The van der Waals surface area contributed by atoms with Gasteiger partial charge in [0.25, 0.3) is 0 Å². The van der Waals surface area contributed by atoms with Crippen molar-refractivity contribution in [3.8, 4) is 0 Å². The summed E-state index contributed by atoms with van der Waals surface area (Å²) in [5.41, 5.74) is 1.11. The van der Waals surface area contributed by atoms with Gasteiger partial charge in [0.1, 0.15) is 5.15 Å². The monoisotopic (exact) mass is 268 g/mol. The topological polar surface area (TPSA) is 25.4 Å². The molecule has 1 saturated heterocycles. The molecule has 0 N–H and O–H groups in total. The van der Waals surface area contributed by atoms with Crippen LogP contribution in [0.4, 0.5) is 0 Å². The molecular weight excluding hydrogens is 248 g/mol. The Bertz CT molecular complexity index is 373. The zero-order chi connectivity index (χ0) is 12.8. The van der Waals surface area contributed by atoms with E-state index in [1.807, 2.05) is 12.1 Å². The first-order valence-electron chi connectivity index (χ1n) is 6.73. The van der Waals surface area contributed by atoms with Gasteiger partial charge in [-0.25, -0.2) is 4.98 Å². The van der Waals surface area contributed by atoms with E-state index in [9.17, 15) is 0 Å². The first-order valence-corrected chi connectivity index (χ1v) is 7.10. The first kappa shape index (κ1) is 13.8. The summed E-state index contributed by atoms with van der Waals surface area (Å²) in [6.07, 6.45) is 5.58. The van der Waals surface area contributed by atoms with Crippen LogP contribution < -0.4 is 0 Å². The van der Waals surface area contributed by atoms with Gasteiger partial charge in [0.15, 0.2) is 0 Å². The molecule has 3 nitrogen and oxygen atoms in total. The third-order valence-corrected chi connectivity index (χ3v) is 3.59. The van der Waals surface area contributed by atoms with Gasteiger partial charge < -0.3 is 4.74 Å². The van der Waals surface area contributed by atoms with Crippen LogP contribution in [0.3, 0.4) is 0 Å². The second-order valence-electron chi connectivity index (χ2n) is 4.82. The molecule has 2 heterocycles. The summed E-state index contributed by atoms with van der Waals surface area (Å²) in [5, 5.41) is 0.620. The van der Waals surface area contributed by atoms with Crippen molar-refractivity contribution >= 4 is 11.6 Å². The number of likely N-dealkylation sites (tertiary alicyclic amines) is 1. The van der Waals surface area contributed by atoms with Crippen molar-refractivity contribution in [3.05, 3.63) is 29.0 Å². The molecule has 1 aliphatic heterocycles. The fraction of sp³-hybridized carbons (Fsp3) is 0.643. The molecule has 0 radical (unpaired) electrons. The number of ether oxygens (including phenoxy) is 1. The Morgan fingerprint density at radius 1 is 1.56 bits per heavy atom. The molecule has 0 bridgehead atoms. The second-order valence-corrected chi connectivity index (χ2v) is 5.18. The molecule has 1 aromatic heterocycles. The Kier molecular flexibility index (Phi) is 5.42. The van der Waals surface area contributed by atoms with E-state index < -0.39 is 0 Å². The summed E-state index contributed by atoms with van der Waals surface area (Å²) in [4.78, 5) is 6.53. The molecule has 1 aliphatic rings. The SMILES string of the molecule is CCCOC1CCCN(Cc2cccnc2Cl)C1. The van der Waals surface area contributed by atoms with E-state index in [1.165, 1.54) is 12.8 Å². The molecule has 18 heavy (non-hydrogen) atoms. The van der Waals surface area contributed by atoms with E-state index in [1.54, 1.807) is 6.20 Å². The van der Waals surface area contributed by atoms with Crippen LogP contribution in [0.1, 0.15) is 31.7 Å². The molecule has 2 rings (SSSR count). The van der Waals surface area contributed by atoms with Gasteiger partial charge in [0.05, 0.1) is 6.10 Å². The molecule has 0 aromatic carbocycles. The molecule has 0 spiro atoms. The lowest BCUT2D eigenvalue weighted by molar-refractivity contribution is -0.00224. The van der Waals surface area contributed by atoms with Gasteiger partial charge in [-0.05, 0) is 31.9 Å². The smallest absolute Gasteiger partial charge is 0.133 e. The number of piperidine rings is 1. The summed E-state index contributed by atoms with van der Waals surface area (Å²) in [7, 11) is 0. The van der Waals surface area contributed by atoms with Crippen molar-refractivity contribution in [1.82, 2.24) is 9.88 Å². The van der Waals surface area contributed by atoms with Gasteiger partial charge in [0, 0.05) is 31.5 Å². The Morgan fingerprint density at radius 2 is 2.44 bits per heavy atom. The van der Waals surface area contributed by atoms with Crippen LogP contribution in [-0.2, 0) is 11.3 Å². The van der Waals surface area contributed by atoms with E-state index >= 15 is 0 Å². The van der Waals surface area contributed by atoms with Crippen molar-refractivity contribution in [2.75, 3.05) is 19.7 Å². The Morgan fingerprint density at radius 3 is 3.22 bits per heavy atom. The largest absolute Gasteiger partial charge is 0.377 e. The predicted molar refractivity (Wildman–Crippen MR) is 73.8 cm³/mol. The van der Waals surface area contributed by atoms with Crippen LogP contribution in [0.25, 0.3) is 0 Å². The number of aromatic nitrogens is 1. The van der Waals surface area contributed by atoms with Crippen LogP contribution in [0.2, 0.25) is 5.15 Å². The summed E-state index contributed by atoms with van der Waals surface area (Å²) < 4.78 is 5.84. The lowest BCUT2D eigenvalue weighted by atomic mass is 10.1. The van der Waals surface area contributed by atoms with E-state index in [4.69, 9.17) is 16.3 Å². The lowest BCUT2D eigenvalue weighted by Crippen LogP contribution is -2.39. The highest BCUT2D eigenvalue weighted by molar-refractivity contribution is 6.30. The van der Waals surface area contributed by atoms with E-state index in [0.717, 1.165) is 38.2 Å². The second kappa shape index (κ2) is 7.07. The van der Waals surface area contributed by atoms with Gasteiger partial charge >= 0.3 is 0 Å². The normalized spacial score (nSPS) is 21.1. The van der Waals surface area contributed by atoms with Crippen LogP contribution in [0.5, 0.6) is 0 Å². The first-order chi connectivity index (χ1) is 8.79. The van der Waals surface area contributed by atoms with Crippen LogP contribution in [0, 0.1) is 0 Å². The quantitative estimate of drug-likeness (QED) is 0.767. The van der Waals surface area contributed by atoms with E-state index in [-0.39, 0.29) is 0 Å². The van der Waals surface area contributed by atoms with Gasteiger partial charge in [-0.3, -0.25) is 4.90 Å². The number of rotatable bonds is 5. The van der Waals surface area contributed by atoms with Crippen molar-refractivity contribution in [2.45, 2.75) is 38.8 Å². The third-order valence-electron chi connectivity index (χ3n) is 3.25. The van der Waals surface area contributed by atoms with Crippen molar-refractivity contribution in [3.63, 3.8) is 0 Å². The Hall–Kier alpha value is -0.640. The summed E-state index contributed by atoms with van der Waals surface area (Å²) >= 11 is 6.09. The molecule has 1 atom stereocenters. The predicted octanol–water partition coefficient (Wildman–Crippen LogP) is 3.13. The summed E-state index contributed by atoms with van der Waals surface area (Å²) in [6.45, 7) is 6.02. The van der Waals surface area contributed by atoms with Crippen LogP contribution >= 0.6 is 11.6 Å². The van der Waals surface area contributed by atoms with Gasteiger partial charge in [-0.15, -0.1) is 0 Å². The highest BCUT2D eigenvalue weighted by atomic mass is 35.5. The van der Waals surface area contributed by atoms with Crippen molar-refractivity contribution in [1.29, 1.82) is 0 Å². The Labute approximate surface area is 114 Å². The molecule has 100 valence electrons. The fourth-order valence-electron chi connectivity index (χ4n) is 2.36. The minimum absolute atomic E-state index is 0.383. The van der Waals surface area contributed by atoms with E-state index in [0.29, 0.717) is 11.3 Å². The van der Waals surface area contributed by atoms with Crippen LogP contribution in [0.15, 0.2) is 18.3 Å². The minimum Gasteiger partial charge on any atom is -0.377 e. The molecule has 0 aliphatic carbocycles. The minimum atomic E-state index is 0.383. The molecule has 1 aromatic rings. The molecule has 0 saturated carbocycles. The standard InChI is InChI=1S/C14H21ClN2O/c1-2-9-18-13-6-4-8-17(11-13)10-12-5-3-7-16-14(12)15/h3,5,7,13H,2,4,6,8-11H2,1H3. The van der Waals surface area contributed by atoms with Gasteiger partial charge in [-0.2, -0.15) is 0 Å². The summed E-state index contributed by atoms with van der Waals surface area (Å²) in [5.74, 6) is 0. The van der Waals surface area contributed by atoms with E-state index in [2.05, 4.69) is 16.8 Å². The zero-order valence-electron chi connectivity index (χ0n) is 10.9. The lowest BCUT2D eigenvalue weighted by Gasteiger charge is -2.32. The number of nitrogens with zero attached hydrogens (tertiary/aromatic N) is 2. The molecule has 1 fully saturated rings. The van der Waals surface area contributed by atoms with Crippen LogP contribution in [-0.4, -0.2) is 35.7 Å². The van der Waals surface area contributed by atoms with Crippen molar-refractivity contribution in [2.24, 2.45) is 0 Å². The van der Waals surface area contributed by atoms with Gasteiger partial charge in [-0.1, -0.05) is 24.6 Å². The highest BCUT2D eigenvalue weighted by Gasteiger charge is 2.20. The van der Waals surface area contributed by atoms with Gasteiger partial charge in [0.2, 0.25) is 0 Å².